The molecule has 3 aromatic rings. The summed E-state index contributed by atoms with van der Waals surface area (Å²) in [6.45, 7) is 6.52. The third-order valence-corrected chi connectivity index (χ3v) is 5.44. The Bertz CT molecular complexity index is 1040. The van der Waals surface area contributed by atoms with Crippen molar-refractivity contribution in [2.75, 3.05) is 0 Å². The zero-order valence-corrected chi connectivity index (χ0v) is 14.5. The number of benzene rings is 2. The maximum absolute atomic E-state index is 10.8. The van der Waals surface area contributed by atoms with Gasteiger partial charge in [-0.05, 0) is 46.6 Å². The molecule has 0 radical (unpaired) electrons. The fraction of sp³-hybridized carbons (Fsp3) is 0.158. The maximum Gasteiger partial charge on any atom is 0.162 e. The Balaban J connectivity index is 2.27. The summed E-state index contributed by atoms with van der Waals surface area (Å²) in [6, 6.07) is 12.8. The molecule has 2 aromatic carbocycles. The summed E-state index contributed by atoms with van der Waals surface area (Å²) in [5.74, 6) is 0. The number of thiazole rings is 1. The molecule has 1 aromatic heterocycles. The van der Waals surface area contributed by atoms with E-state index in [1.807, 2.05) is 0 Å². The smallest absolute Gasteiger partial charge is 0.162 e. The summed E-state index contributed by atoms with van der Waals surface area (Å²) in [7, 11) is 0. The number of fused-ring (bicyclic) bond motifs is 1. The zero-order chi connectivity index (χ0) is 16.4. The van der Waals surface area contributed by atoms with Gasteiger partial charge in [0.25, 0.3) is 0 Å². The molecule has 0 bridgehead atoms. The first-order chi connectivity index (χ1) is 11.2. The maximum atomic E-state index is 10.8. The fourth-order valence-electron chi connectivity index (χ4n) is 2.78. The third-order valence-electron chi connectivity index (χ3n) is 4.00. The second-order valence-corrected chi connectivity index (χ2v) is 6.99. The van der Waals surface area contributed by atoms with E-state index >= 15 is 0 Å². The summed E-state index contributed by atoms with van der Waals surface area (Å²) >= 11 is 6.84. The molecule has 0 amide bonds. The monoisotopic (exact) mass is 339 g/mol. The van der Waals surface area contributed by atoms with Crippen molar-refractivity contribution >= 4 is 53.3 Å². The molecule has 0 unspecified atom stereocenters. The lowest BCUT2D eigenvalue weighted by Crippen LogP contribution is -2.27. The normalized spacial score (nSPS) is 12.0. The van der Waals surface area contributed by atoms with Crippen LogP contribution in [0.3, 0.4) is 0 Å². The number of hydrogen-bond donors (Lipinski definition) is 0. The molecule has 3 rings (SSSR count). The highest BCUT2D eigenvalue weighted by Crippen LogP contribution is 2.23. The van der Waals surface area contributed by atoms with Gasteiger partial charge in [-0.25, -0.2) is 0 Å². The molecular weight excluding hydrogens is 322 g/mol. The molecule has 4 heteroatoms. The molecular formula is C19H17NOS2. The molecule has 0 saturated carbocycles. The molecule has 0 saturated heterocycles. The molecule has 116 valence electrons. The third kappa shape index (κ3) is 2.92. The standard InChI is InChI=1S/C19H17NOS2/c1-3-14-8-9-15(17-7-5-4-6-16(14)17)12-18-13(2)20(10-11-21)19(22)23-18/h4-9,11-12H,2-3,10H2,1H3/b18-12+. The Kier molecular flexibility index (Phi) is 4.55. The first-order valence-electron chi connectivity index (χ1n) is 7.50. The van der Waals surface area contributed by atoms with Crippen LogP contribution in [-0.2, 0) is 17.8 Å². The van der Waals surface area contributed by atoms with Crippen molar-refractivity contribution in [2.45, 2.75) is 19.9 Å². The van der Waals surface area contributed by atoms with Crippen LogP contribution < -0.4 is 9.88 Å². The topological polar surface area (TPSA) is 22.0 Å². The minimum absolute atomic E-state index is 0.261. The second-order valence-electron chi connectivity index (χ2n) is 5.31. The highest BCUT2D eigenvalue weighted by Gasteiger charge is 2.04. The van der Waals surface area contributed by atoms with E-state index in [1.165, 1.54) is 27.7 Å². The van der Waals surface area contributed by atoms with Crippen molar-refractivity contribution in [1.82, 2.24) is 4.57 Å². The van der Waals surface area contributed by atoms with Gasteiger partial charge in [-0.1, -0.05) is 49.9 Å². The Morgan fingerprint density at radius 2 is 1.96 bits per heavy atom. The lowest BCUT2D eigenvalue weighted by Gasteiger charge is -2.07. The van der Waals surface area contributed by atoms with E-state index in [0.717, 1.165) is 28.2 Å². The predicted octanol–water partition coefficient (Wildman–Crippen LogP) is 3.43. The minimum atomic E-state index is 0.261. The second kappa shape index (κ2) is 6.60. The molecule has 2 nitrogen and oxygen atoms in total. The van der Waals surface area contributed by atoms with Gasteiger partial charge >= 0.3 is 0 Å². The predicted molar refractivity (Wildman–Crippen MR) is 101 cm³/mol. The van der Waals surface area contributed by atoms with Gasteiger partial charge in [-0.3, -0.25) is 0 Å². The van der Waals surface area contributed by atoms with Crippen LogP contribution in [0, 0.1) is 3.95 Å². The van der Waals surface area contributed by atoms with Gasteiger partial charge in [-0.2, -0.15) is 0 Å². The van der Waals surface area contributed by atoms with E-state index in [-0.39, 0.29) is 6.54 Å². The van der Waals surface area contributed by atoms with Crippen LogP contribution in [0.25, 0.3) is 23.4 Å². The van der Waals surface area contributed by atoms with Crippen molar-refractivity contribution in [3.05, 3.63) is 61.4 Å². The number of hydrogen-bond acceptors (Lipinski definition) is 3. The molecule has 0 aliphatic rings. The summed E-state index contributed by atoms with van der Waals surface area (Å²) < 4.78 is 3.47. The lowest BCUT2D eigenvalue weighted by molar-refractivity contribution is -0.108. The van der Waals surface area contributed by atoms with Crippen molar-refractivity contribution in [3.63, 3.8) is 0 Å². The van der Waals surface area contributed by atoms with Crippen molar-refractivity contribution < 1.29 is 4.79 Å². The van der Waals surface area contributed by atoms with E-state index < -0.39 is 0 Å². The van der Waals surface area contributed by atoms with E-state index in [4.69, 9.17) is 12.2 Å². The molecule has 1 heterocycles. The van der Waals surface area contributed by atoms with Gasteiger partial charge in [0, 0.05) is 0 Å². The van der Waals surface area contributed by atoms with Crippen molar-refractivity contribution in [3.8, 4) is 0 Å². The number of carbonyl (C=O) groups is 1. The average molecular weight is 339 g/mol. The number of aryl methyl sites for hydroxylation is 1. The molecule has 0 aliphatic carbocycles. The molecule has 0 N–H and O–H groups in total. The van der Waals surface area contributed by atoms with Crippen LogP contribution in [-0.4, -0.2) is 10.9 Å². The zero-order valence-electron chi connectivity index (χ0n) is 12.9. The van der Waals surface area contributed by atoms with E-state index in [9.17, 15) is 4.79 Å². The first-order valence-corrected chi connectivity index (χ1v) is 8.72. The Morgan fingerprint density at radius 3 is 2.65 bits per heavy atom. The summed E-state index contributed by atoms with van der Waals surface area (Å²) in [5, 5.41) is 3.31. The molecule has 0 atom stereocenters. The highest BCUT2D eigenvalue weighted by atomic mass is 32.1. The van der Waals surface area contributed by atoms with Crippen LogP contribution in [0.2, 0.25) is 0 Å². The summed E-state index contributed by atoms with van der Waals surface area (Å²) in [5.41, 5.74) is 2.50. The van der Waals surface area contributed by atoms with Gasteiger partial charge in [0.1, 0.15) is 6.29 Å². The van der Waals surface area contributed by atoms with E-state index in [0.29, 0.717) is 3.95 Å². The van der Waals surface area contributed by atoms with Crippen LogP contribution >= 0.6 is 23.6 Å². The number of nitrogens with zero attached hydrogens (tertiary/aromatic N) is 1. The lowest BCUT2D eigenvalue weighted by atomic mass is 9.98. The van der Waals surface area contributed by atoms with Crippen LogP contribution in [0.15, 0.2) is 36.4 Å². The van der Waals surface area contributed by atoms with Gasteiger partial charge in [0.15, 0.2) is 3.95 Å². The number of carbonyl (C=O) groups excluding carboxylic acids is 1. The molecule has 23 heavy (non-hydrogen) atoms. The Labute approximate surface area is 144 Å². The summed E-state index contributed by atoms with van der Waals surface area (Å²) in [4.78, 5) is 10.8. The fourth-order valence-corrected chi connectivity index (χ4v) is 4.13. The number of rotatable bonds is 4. The Morgan fingerprint density at radius 1 is 1.22 bits per heavy atom. The number of aromatic nitrogens is 1. The van der Waals surface area contributed by atoms with Crippen molar-refractivity contribution in [2.24, 2.45) is 0 Å². The average Bonchev–Trinajstić information content (AvgIpc) is 2.83. The molecule has 0 fully saturated rings. The van der Waals surface area contributed by atoms with Gasteiger partial charge < -0.3 is 9.36 Å². The largest absolute Gasteiger partial charge is 0.316 e. The van der Waals surface area contributed by atoms with Crippen molar-refractivity contribution in [1.29, 1.82) is 0 Å². The number of aldehydes is 1. The van der Waals surface area contributed by atoms with E-state index in [1.54, 1.807) is 4.57 Å². The van der Waals surface area contributed by atoms with Gasteiger partial charge in [0.2, 0.25) is 0 Å². The minimum Gasteiger partial charge on any atom is -0.316 e. The summed E-state index contributed by atoms with van der Waals surface area (Å²) in [6.07, 6.45) is 3.98. The Hall–Kier alpha value is -2.04. The SMILES string of the molecule is C=c1/c(=C\c2ccc(CC)c3ccccc23)sc(=S)n1CC=O. The molecule has 0 spiro atoms. The van der Waals surface area contributed by atoms with Crippen LogP contribution in [0.4, 0.5) is 0 Å². The van der Waals surface area contributed by atoms with Gasteiger partial charge in [-0.15, -0.1) is 11.3 Å². The highest BCUT2D eigenvalue weighted by molar-refractivity contribution is 7.73. The first kappa shape index (κ1) is 15.8. The van der Waals surface area contributed by atoms with Crippen LogP contribution in [0.1, 0.15) is 18.1 Å². The van der Waals surface area contributed by atoms with E-state index in [2.05, 4.69) is 56.0 Å². The van der Waals surface area contributed by atoms with Gasteiger partial charge in [0.05, 0.1) is 16.4 Å². The molecule has 0 aliphatic heterocycles. The van der Waals surface area contributed by atoms with Crippen LogP contribution in [0.5, 0.6) is 0 Å². The quantitative estimate of drug-likeness (QED) is 0.537.